The molecule has 0 aromatic heterocycles. The maximum atomic E-state index is 11.9. The molecule has 0 aliphatic carbocycles. The number of carbonyl (C=O) groups excluding carboxylic acids is 1. The molecule has 0 fully saturated rings. The van der Waals surface area contributed by atoms with Crippen LogP contribution in [0.5, 0.6) is 5.75 Å². The summed E-state index contributed by atoms with van der Waals surface area (Å²) in [4.78, 5) is 22.8. The zero-order valence-electron chi connectivity index (χ0n) is 12.4. The number of aromatic carboxylic acids is 1. The van der Waals surface area contributed by atoms with Crippen LogP contribution in [0.25, 0.3) is 0 Å². The number of carboxylic acids is 1. The van der Waals surface area contributed by atoms with Gasteiger partial charge < -0.3 is 9.84 Å². The Hall–Kier alpha value is -2.62. The molecule has 0 amide bonds. The summed E-state index contributed by atoms with van der Waals surface area (Å²) >= 11 is 0. The summed E-state index contributed by atoms with van der Waals surface area (Å²) in [6.07, 6.45) is 1.12. The van der Waals surface area contributed by atoms with E-state index < -0.39 is 5.97 Å². The van der Waals surface area contributed by atoms with Gasteiger partial charge in [0.15, 0.2) is 5.78 Å². The van der Waals surface area contributed by atoms with Crippen LogP contribution in [0.2, 0.25) is 0 Å². The molecule has 0 atom stereocenters. The summed E-state index contributed by atoms with van der Waals surface area (Å²) in [6, 6.07) is 14.0. The average molecular weight is 298 g/mol. The largest absolute Gasteiger partial charge is 0.486 e. The van der Waals surface area contributed by atoms with Crippen molar-refractivity contribution in [3.63, 3.8) is 0 Å². The van der Waals surface area contributed by atoms with Crippen molar-refractivity contribution < 1.29 is 19.4 Å². The van der Waals surface area contributed by atoms with E-state index in [1.54, 1.807) is 12.1 Å². The molecule has 0 aliphatic rings. The van der Waals surface area contributed by atoms with Crippen molar-refractivity contribution in [2.75, 3.05) is 6.61 Å². The Balaban J connectivity index is 1.89. The third-order valence-electron chi connectivity index (χ3n) is 3.31. The predicted octanol–water partition coefficient (Wildman–Crippen LogP) is 3.14. The number of carbonyl (C=O) groups is 2. The van der Waals surface area contributed by atoms with Gasteiger partial charge in [0.25, 0.3) is 0 Å². The molecule has 2 aromatic carbocycles. The number of hydrogen-bond donors (Lipinski definition) is 1. The fraction of sp³-hybridized carbons (Fsp3) is 0.222. The van der Waals surface area contributed by atoms with Crippen molar-refractivity contribution in [3.05, 3.63) is 65.2 Å². The van der Waals surface area contributed by atoms with Crippen LogP contribution in [-0.2, 0) is 17.6 Å². The molecule has 2 aromatic rings. The van der Waals surface area contributed by atoms with Gasteiger partial charge in [-0.25, -0.2) is 4.79 Å². The van der Waals surface area contributed by atoms with Crippen LogP contribution in [0.15, 0.2) is 48.5 Å². The molecule has 0 radical (unpaired) electrons. The van der Waals surface area contributed by atoms with Gasteiger partial charge in [0.2, 0.25) is 0 Å². The summed E-state index contributed by atoms with van der Waals surface area (Å²) in [5.74, 6) is -0.437. The minimum Gasteiger partial charge on any atom is -0.486 e. The van der Waals surface area contributed by atoms with E-state index in [0.29, 0.717) is 11.3 Å². The van der Waals surface area contributed by atoms with Gasteiger partial charge in [-0.3, -0.25) is 4.79 Å². The summed E-state index contributed by atoms with van der Waals surface area (Å²) < 4.78 is 5.45. The smallest absolute Gasteiger partial charge is 0.335 e. The Labute approximate surface area is 129 Å². The standard InChI is InChI=1S/C18H18O4/c1-2-13-6-8-17(9-7-13)22-12-16(19)11-14-4-3-5-15(10-14)18(20)21/h3-10H,2,11-12H2,1H3,(H,20,21). The van der Waals surface area contributed by atoms with Crippen LogP contribution in [-0.4, -0.2) is 23.5 Å². The Bertz CT molecular complexity index is 659. The number of aryl methyl sites for hydroxylation is 1. The summed E-state index contributed by atoms with van der Waals surface area (Å²) in [5.41, 5.74) is 2.07. The van der Waals surface area contributed by atoms with Crippen molar-refractivity contribution in [2.45, 2.75) is 19.8 Å². The van der Waals surface area contributed by atoms with E-state index in [1.807, 2.05) is 24.3 Å². The van der Waals surface area contributed by atoms with Gasteiger partial charge in [-0.2, -0.15) is 0 Å². The molecule has 0 saturated heterocycles. The number of benzene rings is 2. The third kappa shape index (κ3) is 4.45. The number of carboxylic acid groups (broad SMARTS) is 1. The van der Waals surface area contributed by atoms with Crippen molar-refractivity contribution in [3.8, 4) is 5.75 Å². The lowest BCUT2D eigenvalue weighted by Crippen LogP contribution is -2.14. The number of ether oxygens (including phenoxy) is 1. The number of ketones is 1. The van der Waals surface area contributed by atoms with Gasteiger partial charge in [-0.1, -0.05) is 31.2 Å². The maximum Gasteiger partial charge on any atom is 0.335 e. The number of Topliss-reactive ketones (excluding diaryl/α,β-unsaturated/α-hetero) is 1. The van der Waals surface area contributed by atoms with E-state index in [0.717, 1.165) is 6.42 Å². The summed E-state index contributed by atoms with van der Waals surface area (Å²) in [5, 5.41) is 8.93. The van der Waals surface area contributed by atoms with Crippen molar-refractivity contribution in [2.24, 2.45) is 0 Å². The van der Waals surface area contributed by atoms with Crippen LogP contribution in [0.3, 0.4) is 0 Å². The van der Waals surface area contributed by atoms with Crippen LogP contribution in [0, 0.1) is 0 Å². The molecule has 0 bridgehead atoms. The normalized spacial score (nSPS) is 10.2. The van der Waals surface area contributed by atoms with Gasteiger partial charge in [0, 0.05) is 6.42 Å². The quantitative estimate of drug-likeness (QED) is 0.853. The Morgan fingerprint density at radius 1 is 1.05 bits per heavy atom. The molecule has 0 saturated carbocycles. The first-order valence-corrected chi connectivity index (χ1v) is 7.14. The molecule has 22 heavy (non-hydrogen) atoms. The first-order valence-electron chi connectivity index (χ1n) is 7.14. The second-order valence-corrected chi connectivity index (χ2v) is 5.01. The average Bonchev–Trinajstić information content (AvgIpc) is 2.53. The topological polar surface area (TPSA) is 63.6 Å². The lowest BCUT2D eigenvalue weighted by atomic mass is 10.1. The molecule has 4 heteroatoms. The fourth-order valence-electron chi connectivity index (χ4n) is 2.08. The van der Waals surface area contributed by atoms with E-state index in [4.69, 9.17) is 9.84 Å². The minimum atomic E-state index is -0.999. The molecule has 0 unspecified atom stereocenters. The molecule has 1 N–H and O–H groups in total. The highest BCUT2D eigenvalue weighted by Gasteiger charge is 2.08. The van der Waals surface area contributed by atoms with Gasteiger partial charge in [0.1, 0.15) is 12.4 Å². The lowest BCUT2D eigenvalue weighted by molar-refractivity contribution is -0.120. The summed E-state index contributed by atoms with van der Waals surface area (Å²) in [6.45, 7) is 2.05. The van der Waals surface area contributed by atoms with Gasteiger partial charge >= 0.3 is 5.97 Å². The second-order valence-electron chi connectivity index (χ2n) is 5.01. The third-order valence-corrected chi connectivity index (χ3v) is 3.31. The van der Waals surface area contributed by atoms with Crippen LogP contribution in [0.1, 0.15) is 28.4 Å². The zero-order chi connectivity index (χ0) is 15.9. The highest BCUT2D eigenvalue weighted by Crippen LogP contribution is 2.13. The number of rotatable bonds is 7. The maximum absolute atomic E-state index is 11.9. The van der Waals surface area contributed by atoms with E-state index >= 15 is 0 Å². The van der Waals surface area contributed by atoms with E-state index in [9.17, 15) is 9.59 Å². The highest BCUT2D eigenvalue weighted by molar-refractivity contribution is 5.88. The Morgan fingerprint density at radius 3 is 2.41 bits per heavy atom. The van der Waals surface area contributed by atoms with Crippen molar-refractivity contribution in [1.82, 2.24) is 0 Å². The van der Waals surface area contributed by atoms with Crippen molar-refractivity contribution >= 4 is 11.8 Å². The molecule has 0 aliphatic heterocycles. The second kappa shape index (κ2) is 7.41. The molecule has 4 nitrogen and oxygen atoms in total. The lowest BCUT2D eigenvalue weighted by Gasteiger charge is -2.07. The predicted molar refractivity (Wildman–Crippen MR) is 83.4 cm³/mol. The zero-order valence-corrected chi connectivity index (χ0v) is 12.4. The molecular weight excluding hydrogens is 280 g/mol. The van der Waals surface area contributed by atoms with E-state index in [1.165, 1.54) is 17.7 Å². The molecular formula is C18H18O4. The van der Waals surface area contributed by atoms with Crippen LogP contribution >= 0.6 is 0 Å². The van der Waals surface area contributed by atoms with Crippen LogP contribution in [0.4, 0.5) is 0 Å². The van der Waals surface area contributed by atoms with Gasteiger partial charge in [0.05, 0.1) is 5.56 Å². The first-order chi connectivity index (χ1) is 10.6. The minimum absolute atomic E-state index is 0.0250. The molecule has 0 spiro atoms. The SMILES string of the molecule is CCc1ccc(OCC(=O)Cc2cccc(C(=O)O)c2)cc1. The monoisotopic (exact) mass is 298 g/mol. The number of hydrogen-bond acceptors (Lipinski definition) is 3. The van der Waals surface area contributed by atoms with Gasteiger partial charge in [-0.05, 0) is 41.8 Å². The fourth-order valence-corrected chi connectivity index (χ4v) is 2.08. The highest BCUT2D eigenvalue weighted by atomic mass is 16.5. The first kappa shape index (κ1) is 15.8. The van der Waals surface area contributed by atoms with E-state index in [2.05, 4.69) is 6.92 Å². The Morgan fingerprint density at radius 2 is 1.77 bits per heavy atom. The Kier molecular flexibility index (Phi) is 5.31. The molecule has 2 rings (SSSR count). The molecule has 0 heterocycles. The van der Waals surface area contributed by atoms with Gasteiger partial charge in [-0.15, -0.1) is 0 Å². The van der Waals surface area contributed by atoms with Crippen molar-refractivity contribution in [1.29, 1.82) is 0 Å². The summed E-state index contributed by atoms with van der Waals surface area (Å²) in [7, 11) is 0. The molecule has 114 valence electrons. The van der Waals surface area contributed by atoms with E-state index in [-0.39, 0.29) is 24.4 Å². The van der Waals surface area contributed by atoms with Crippen LogP contribution < -0.4 is 4.74 Å².